The lowest BCUT2D eigenvalue weighted by molar-refractivity contribution is 0.556. The zero-order valence-corrected chi connectivity index (χ0v) is 10.5. The molecular weight excluding hydrogens is 242 g/mol. The standard InChI is InChI=1S/C14H15N3O2/c18-13-11-6-7-15-8-12(11)17(14(19)16-13)9-10-4-2-1-3-5-10/h1-5,15H,6-9H2,(H,16,18,19). The molecule has 1 aliphatic rings. The van der Waals surface area contributed by atoms with Gasteiger partial charge in [-0.15, -0.1) is 0 Å². The van der Waals surface area contributed by atoms with Crippen molar-refractivity contribution in [2.24, 2.45) is 0 Å². The van der Waals surface area contributed by atoms with Gasteiger partial charge in [0, 0.05) is 17.8 Å². The number of nitrogens with one attached hydrogen (secondary N) is 2. The molecule has 0 saturated heterocycles. The first-order valence-corrected chi connectivity index (χ1v) is 6.35. The van der Waals surface area contributed by atoms with Crippen molar-refractivity contribution in [1.82, 2.24) is 14.9 Å². The highest BCUT2D eigenvalue weighted by Gasteiger charge is 2.17. The van der Waals surface area contributed by atoms with E-state index in [1.54, 1.807) is 4.57 Å². The van der Waals surface area contributed by atoms with Gasteiger partial charge >= 0.3 is 5.69 Å². The topological polar surface area (TPSA) is 66.9 Å². The fraction of sp³-hybridized carbons (Fsp3) is 0.286. The molecular formula is C14H15N3O2. The van der Waals surface area contributed by atoms with Crippen LogP contribution in [-0.2, 0) is 19.5 Å². The molecule has 0 bridgehead atoms. The van der Waals surface area contributed by atoms with Crippen molar-refractivity contribution < 1.29 is 0 Å². The summed E-state index contributed by atoms with van der Waals surface area (Å²) >= 11 is 0. The van der Waals surface area contributed by atoms with Gasteiger partial charge in [0.25, 0.3) is 5.56 Å². The van der Waals surface area contributed by atoms with Gasteiger partial charge in [0.1, 0.15) is 0 Å². The lowest BCUT2D eigenvalue weighted by Crippen LogP contribution is -2.41. The van der Waals surface area contributed by atoms with Crippen molar-refractivity contribution in [1.29, 1.82) is 0 Å². The first-order valence-electron chi connectivity index (χ1n) is 6.35. The van der Waals surface area contributed by atoms with E-state index in [1.165, 1.54) is 0 Å². The van der Waals surface area contributed by atoms with Crippen molar-refractivity contribution in [3.63, 3.8) is 0 Å². The Morgan fingerprint density at radius 2 is 1.95 bits per heavy atom. The Balaban J connectivity index is 2.11. The Morgan fingerprint density at radius 1 is 1.16 bits per heavy atom. The quantitative estimate of drug-likeness (QED) is 0.809. The molecule has 98 valence electrons. The largest absolute Gasteiger partial charge is 0.328 e. The van der Waals surface area contributed by atoms with Crippen molar-refractivity contribution >= 4 is 0 Å². The maximum atomic E-state index is 12.0. The predicted octanol–water partition coefficient (Wildman–Crippen LogP) is 0.231. The second kappa shape index (κ2) is 4.85. The summed E-state index contributed by atoms with van der Waals surface area (Å²) in [4.78, 5) is 26.2. The van der Waals surface area contributed by atoms with E-state index in [-0.39, 0.29) is 11.2 Å². The van der Waals surface area contributed by atoms with Gasteiger partial charge in [-0.1, -0.05) is 30.3 Å². The Bertz CT molecular complexity index is 701. The second-order valence-corrected chi connectivity index (χ2v) is 4.68. The fourth-order valence-electron chi connectivity index (χ4n) is 2.47. The van der Waals surface area contributed by atoms with Crippen molar-refractivity contribution in [3.8, 4) is 0 Å². The highest BCUT2D eigenvalue weighted by atomic mass is 16.2. The third-order valence-electron chi connectivity index (χ3n) is 3.44. The number of hydrogen-bond acceptors (Lipinski definition) is 3. The van der Waals surface area contributed by atoms with Crippen LogP contribution in [0.1, 0.15) is 16.8 Å². The monoisotopic (exact) mass is 257 g/mol. The van der Waals surface area contributed by atoms with E-state index >= 15 is 0 Å². The first-order chi connectivity index (χ1) is 9.25. The van der Waals surface area contributed by atoms with Crippen LogP contribution < -0.4 is 16.6 Å². The zero-order chi connectivity index (χ0) is 13.2. The maximum absolute atomic E-state index is 12.0. The molecule has 1 aromatic heterocycles. The number of hydrogen-bond donors (Lipinski definition) is 2. The smallest absolute Gasteiger partial charge is 0.311 e. The van der Waals surface area contributed by atoms with Gasteiger partial charge in [0.2, 0.25) is 0 Å². The lowest BCUT2D eigenvalue weighted by Gasteiger charge is -2.20. The Morgan fingerprint density at radius 3 is 2.74 bits per heavy atom. The van der Waals surface area contributed by atoms with Gasteiger partial charge in [-0.2, -0.15) is 0 Å². The molecule has 0 unspecified atom stereocenters. The van der Waals surface area contributed by atoms with Gasteiger partial charge in [0.05, 0.1) is 6.54 Å². The summed E-state index contributed by atoms with van der Waals surface area (Å²) in [5.41, 5.74) is 2.00. The minimum absolute atomic E-state index is 0.245. The Kier molecular flexibility index (Phi) is 3.05. The summed E-state index contributed by atoms with van der Waals surface area (Å²) in [6.45, 7) is 1.83. The molecule has 1 aliphatic heterocycles. The Hall–Kier alpha value is -2.14. The van der Waals surface area contributed by atoms with Gasteiger partial charge < -0.3 is 5.32 Å². The van der Waals surface area contributed by atoms with E-state index in [9.17, 15) is 9.59 Å². The fourth-order valence-corrected chi connectivity index (χ4v) is 2.47. The van der Waals surface area contributed by atoms with Crippen LogP contribution in [0.5, 0.6) is 0 Å². The number of nitrogens with zero attached hydrogens (tertiary/aromatic N) is 1. The molecule has 5 nitrogen and oxygen atoms in total. The summed E-state index contributed by atoms with van der Waals surface area (Å²) in [7, 11) is 0. The number of aromatic nitrogens is 2. The normalized spacial score (nSPS) is 14.1. The number of rotatable bonds is 2. The summed E-state index contributed by atoms with van der Waals surface area (Å²) in [6, 6.07) is 9.77. The summed E-state index contributed by atoms with van der Waals surface area (Å²) < 4.78 is 1.65. The van der Waals surface area contributed by atoms with E-state index in [0.29, 0.717) is 19.5 Å². The molecule has 0 spiro atoms. The van der Waals surface area contributed by atoms with E-state index in [0.717, 1.165) is 23.4 Å². The minimum Gasteiger partial charge on any atom is -0.311 e. The lowest BCUT2D eigenvalue weighted by atomic mass is 10.1. The molecule has 2 heterocycles. The summed E-state index contributed by atoms with van der Waals surface area (Å²) in [6.07, 6.45) is 0.666. The molecule has 0 aliphatic carbocycles. The van der Waals surface area contributed by atoms with Crippen LogP contribution in [0.4, 0.5) is 0 Å². The molecule has 0 atom stereocenters. The molecule has 0 radical (unpaired) electrons. The molecule has 19 heavy (non-hydrogen) atoms. The minimum atomic E-state index is -0.337. The van der Waals surface area contributed by atoms with Crippen LogP contribution in [0, 0.1) is 0 Å². The van der Waals surface area contributed by atoms with Crippen LogP contribution in [-0.4, -0.2) is 16.1 Å². The van der Waals surface area contributed by atoms with Crippen LogP contribution in [0.3, 0.4) is 0 Å². The second-order valence-electron chi connectivity index (χ2n) is 4.68. The third kappa shape index (κ3) is 2.24. The van der Waals surface area contributed by atoms with E-state index < -0.39 is 0 Å². The summed E-state index contributed by atoms with van der Waals surface area (Å²) in [5, 5.41) is 3.21. The van der Waals surface area contributed by atoms with Crippen LogP contribution in [0.25, 0.3) is 0 Å². The van der Waals surface area contributed by atoms with Gasteiger partial charge in [-0.25, -0.2) is 4.79 Å². The summed E-state index contributed by atoms with van der Waals surface area (Å²) in [5.74, 6) is 0. The first kappa shape index (κ1) is 11.9. The molecule has 2 aromatic rings. The third-order valence-corrected chi connectivity index (χ3v) is 3.44. The van der Waals surface area contributed by atoms with Crippen LogP contribution in [0.2, 0.25) is 0 Å². The highest BCUT2D eigenvalue weighted by molar-refractivity contribution is 5.23. The van der Waals surface area contributed by atoms with E-state index in [4.69, 9.17) is 0 Å². The number of benzene rings is 1. The molecule has 0 saturated carbocycles. The molecule has 3 rings (SSSR count). The maximum Gasteiger partial charge on any atom is 0.328 e. The van der Waals surface area contributed by atoms with Crippen molar-refractivity contribution in [3.05, 3.63) is 68.0 Å². The molecule has 0 amide bonds. The van der Waals surface area contributed by atoms with Crippen LogP contribution >= 0.6 is 0 Å². The molecule has 2 N–H and O–H groups in total. The number of aromatic amines is 1. The molecule has 1 aromatic carbocycles. The number of fused-ring (bicyclic) bond motifs is 1. The van der Waals surface area contributed by atoms with E-state index in [1.807, 2.05) is 30.3 Å². The van der Waals surface area contributed by atoms with Gasteiger partial charge in [-0.3, -0.25) is 14.3 Å². The molecule has 5 heteroatoms. The molecule has 0 fully saturated rings. The average Bonchev–Trinajstić information content (AvgIpc) is 2.45. The Labute approximate surface area is 109 Å². The van der Waals surface area contributed by atoms with Gasteiger partial charge in [-0.05, 0) is 18.5 Å². The SMILES string of the molecule is O=c1[nH]c(=O)n(Cc2ccccc2)c2c1CCNC2. The van der Waals surface area contributed by atoms with Crippen LogP contribution in [0.15, 0.2) is 39.9 Å². The number of H-pyrrole nitrogens is 1. The van der Waals surface area contributed by atoms with Crippen molar-refractivity contribution in [2.75, 3.05) is 6.54 Å². The van der Waals surface area contributed by atoms with E-state index in [2.05, 4.69) is 10.3 Å². The van der Waals surface area contributed by atoms with Crippen molar-refractivity contribution in [2.45, 2.75) is 19.5 Å². The van der Waals surface area contributed by atoms with Gasteiger partial charge in [0.15, 0.2) is 0 Å². The highest BCUT2D eigenvalue weighted by Crippen LogP contribution is 2.09. The predicted molar refractivity (Wildman–Crippen MR) is 72.3 cm³/mol. The average molecular weight is 257 g/mol. The zero-order valence-electron chi connectivity index (χ0n) is 10.5.